The summed E-state index contributed by atoms with van der Waals surface area (Å²) in [5.74, 6) is -16.6. The second-order valence-corrected chi connectivity index (χ2v) is 20.3. The van der Waals surface area contributed by atoms with Gasteiger partial charge in [-0.1, -0.05) is 27.7 Å². The molecule has 0 saturated heterocycles. The van der Waals surface area contributed by atoms with Crippen molar-refractivity contribution in [2.24, 2.45) is 0 Å². The van der Waals surface area contributed by atoms with E-state index in [0.29, 0.717) is 34.1 Å². The van der Waals surface area contributed by atoms with Crippen LogP contribution in [0.15, 0.2) is 0 Å². The van der Waals surface area contributed by atoms with Crippen LogP contribution < -0.4 is 21.3 Å². The van der Waals surface area contributed by atoms with Crippen LogP contribution in [0.2, 0.25) is 0 Å². The van der Waals surface area contributed by atoms with Crippen molar-refractivity contribution in [2.45, 2.75) is 229 Å². The lowest BCUT2D eigenvalue weighted by atomic mass is 9.66. The highest BCUT2D eigenvalue weighted by molar-refractivity contribution is 6.40. The molecule has 2 unspecified atom stereocenters. The van der Waals surface area contributed by atoms with Gasteiger partial charge in [0.25, 0.3) is 0 Å². The highest BCUT2D eigenvalue weighted by Crippen LogP contribution is 2.36. The first-order valence-electron chi connectivity index (χ1n) is 27.3. The van der Waals surface area contributed by atoms with E-state index in [1.54, 1.807) is 20.8 Å². The number of nitrogens with one attached hydrogen (secondary N) is 4. The van der Waals surface area contributed by atoms with Crippen LogP contribution in [-0.4, -0.2) is 297 Å². The summed E-state index contributed by atoms with van der Waals surface area (Å²) in [4.78, 5) is 187. The summed E-state index contributed by atoms with van der Waals surface area (Å²) < 4.78 is 0. The molecule has 0 aromatic heterocycles. The first-order chi connectivity index (χ1) is 41.1. The summed E-state index contributed by atoms with van der Waals surface area (Å²) in [7, 11) is 0. The lowest BCUT2D eigenvalue weighted by Crippen LogP contribution is -2.79. The number of aliphatic hydroxyl groups excluding tert-OH is 12. The van der Waals surface area contributed by atoms with Crippen LogP contribution in [0.1, 0.15) is 122 Å². The number of ketones is 10. The number of carbonyl (C=O) groups is 16. The Labute approximate surface area is 515 Å². The average Bonchev–Trinajstić information content (AvgIpc) is 1.59. The molecule has 90 heavy (non-hydrogen) atoms. The maximum absolute atomic E-state index is 12.4. The van der Waals surface area contributed by atoms with Crippen LogP contribution >= 0.6 is 0 Å². The average molecular weight is 1310 g/mol. The molecule has 0 fully saturated rings. The van der Waals surface area contributed by atoms with Crippen molar-refractivity contribution in [3.05, 3.63) is 0 Å². The van der Waals surface area contributed by atoms with Gasteiger partial charge < -0.3 is 113 Å². The maximum Gasteiger partial charge on any atom is 0.223 e. The second-order valence-electron chi connectivity index (χ2n) is 20.3. The van der Waals surface area contributed by atoms with Crippen molar-refractivity contribution in [3.8, 4) is 0 Å². The second kappa shape index (κ2) is 40.9. The van der Waals surface area contributed by atoms with E-state index in [0.717, 1.165) is 27.7 Å². The van der Waals surface area contributed by atoms with Crippen LogP contribution in [0.25, 0.3) is 0 Å². The Hall–Kier alpha value is -6.72. The quantitative estimate of drug-likeness (QED) is 0.0202. The molecule has 0 spiro atoms. The van der Waals surface area contributed by atoms with Gasteiger partial charge in [0, 0.05) is 39.5 Å². The molecule has 0 rings (SSSR count). The third-order valence-electron chi connectivity index (χ3n) is 13.4. The minimum Gasteiger partial charge on any atom is -0.394 e. The fraction of sp³-hybridized carbons (Fsp3) is 0.704. The minimum absolute atomic E-state index is 0.121. The van der Waals surface area contributed by atoms with E-state index >= 15 is 0 Å². The van der Waals surface area contributed by atoms with E-state index in [4.69, 9.17) is 20.4 Å². The Balaban J connectivity index is -0.000000566. The zero-order valence-electron chi connectivity index (χ0n) is 51.6. The van der Waals surface area contributed by atoms with E-state index < -0.39 is 202 Å². The normalized spacial score (nSPS) is 18.4. The molecule has 0 bridgehead atoms. The molecule has 36 nitrogen and oxygen atoms in total. The Kier molecular flexibility index (Phi) is 40.8. The molecule has 4 amide bonds. The molecule has 0 radical (unpaired) electrons. The first-order valence-corrected chi connectivity index (χ1v) is 27.3. The lowest BCUT2D eigenvalue weighted by molar-refractivity contribution is -0.221. The molecule has 0 aromatic carbocycles. The van der Waals surface area contributed by atoms with Crippen molar-refractivity contribution >= 4 is 94.0 Å². The van der Waals surface area contributed by atoms with Gasteiger partial charge in [0.15, 0.2) is 68.7 Å². The summed E-state index contributed by atoms with van der Waals surface area (Å²) in [6, 6.07) is -7.58. The maximum atomic E-state index is 12.4. The third kappa shape index (κ3) is 23.5. The molecule has 36 heteroatoms. The lowest BCUT2D eigenvalue weighted by Gasteiger charge is -2.46. The molecule has 0 aliphatic rings. The number of hydrogen-bond acceptors (Lipinski definition) is 32. The molecule has 18 atom stereocenters. The van der Waals surface area contributed by atoms with Gasteiger partial charge in [-0.15, -0.1) is 0 Å². The molecule has 0 aliphatic carbocycles. The Morgan fingerprint density at radius 2 is 0.622 bits per heavy atom. The van der Waals surface area contributed by atoms with E-state index in [1.807, 2.05) is 10.6 Å². The standard InChI is InChI=1S/C18H27NO10.C17H25NO10.C10H19NO6.C9H17NO6/c1-6-7-12(24)19-15(13(25)8(2)20)17(28,10(4)22)18(29,11(5)23)16(27)14(26)9(3)21;1-6-11(23)18-14(12(24)7(2)19)16(27,9(4)21)17(28,10(5)22)15(26)13(25)8(3)20;1-2-3-8(15)11-6(4-12)9(16)10(17)7(14)5-13;1-2-7(14)10-5(3-11)8(15)9(16)6(13)4-12/h14-16,26-29H,6-7H2,1-5H3,(H,19,24);13-15,25-28H,6H2,1-5H3,(H,18,23);4,6-7,9-10,13-14,16-17H,2-3,5H2,1H3,(H,11,15);3,5-6,8-9,12-13,15-16H,2,4H2,1H3,(H,10,14)/t14?,15-,16+,17+,18-;13?,14-,15+,16+,17+;6-,7+,9+,10-;5-,6+,8+,9+/m0000/s1. The van der Waals surface area contributed by atoms with E-state index in [9.17, 15) is 138 Å². The van der Waals surface area contributed by atoms with Gasteiger partial charge in [-0.25, -0.2) is 0 Å². The monoisotopic (exact) mass is 1300 g/mol. The van der Waals surface area contributed by atoms with Crippen LogP contribution in [0, 0.1) is 0 Å². The van der Waals surface area contributed by atoms with Crippen LogP contribution in [0.4, 0.5) is 0 Å². The van der Waals surface area contributed by atoms with Crippen molar-refractivity contribution in [1.29, 1.82) is 0 Å². The number of hydrogen-bond donors (Lipinski definition) is 20. The van der Waals surface area contributed by atoms with Crippen molar-refractivity contribution in [1.82, 2.24) is 21.3 Å². The smallest absolute Gasteiger partial charge is 0.223 e. The molecular weight excluding hydrogens is 1220 g/mol. The molecule has 0 aromatic rings. The van der Waals surface area contributed by atoms with E-state index in [1.165, 1.54) is 6.92 Å². The molecule has 0 heterocycles. The Bertz CT molecular complexity index is 2530. The van der Waals surface area contributed by atoms with Gasteiger partial charge >= 0.3 is 0 Å². The van der Waals surface area contributed by atoms with E-state index in [-0.39, 0.29) is 44.7 Å². The zero-order chi connectivity index (χ0) is 72.1. The summed E-state index contributed by atoms with van der Waals surface area (Å²) in [6.45, 7) is 10.3. The van der Waals surface area contributed by atoms with Gasteiger partial charge in [0.2, 0.25) is 35.2 Å². The molecular formula is C54H88N4O32. The van der Waals surface area contributed by atoms with Crippen LogP contribution in [-0.2, 0) is 76.7 Å². The molecule has 0 aliphatic heterocycles. The summed E-state index contributed by atoms with van der Waals surface area (Å²) >= 11 is 0. The van der Waals surface area contributed by atoms with E-state index in [2.05, 4.69) is 10.6 Å². The molecule has 516 valence electrons. The molecule has 0 saturated carbocycles. The zero-order valence-corrected chi connectivity index (χ0v) is 51.6. The number of carbonyl (C=O) groups excluding carboxylic acids is 16. The summed E-state index contributed by atoms with van der Waals surface area (Å²) in [6.07, 6.45) is -19.1. The number of amides is 4. The number of rotatable bonds is 38. The molecule has 20 N–H and O–H groups in total. The predicted molar refractivity (Wildman–Crippen MR) is 300 cm³/mol. The third-order valence-corrected chi connectivity index (χ3v) is 13.4. The predicted octanol–water partition coefficient (Wildman–Crippen LogP) is -10.9. The van der Waals surface area contributed by atoms with Gasteiger partial charge in [-0.3, -0.25) is 67.1 Å². The number of Topliss-reactive ketones (excluding diaryl/α,β-unsaturated/α-hetero) is 10. The highest BCUT2D eigenvalue weighted by Gasteiger charge is 2.69. The summed E-state index contributed by atoms with van der Waals surface area (Å²) in [5, 5.41) is 165. The first kappa shape index (κ1) is 89.7. The Morgan fingerprint density at radius 3 is 0.833 bits per heavy atom. The fourth-order valence-corrected chi connectivity index (χ4v) is 7.81. The number of aliphatic hydroxyl groups is 16. The SMILES string of the molecule is CCC(=O)N[C@@H](C(=O)C(C)=O)[C@](O)(C(C)=O)[C@@](O)(C(C)=O)[C@H](O)C(O)C(C)=O.CCC(=O)N[C@@H](C=O)[C@@H](O)[C@H](O)[C@H](O)CO.CCCC(=O)N[C@@H](C(=O)C(C)=O)[C@](O)(C(C)=O)[C@](O)(C(C)=O)[C@H](O)C(O)C(C)=O.CCCC(=O)N[C@@H](C=O)[C@@H](O)[C@@H](O)[C@H](O)CO. The van der Waals surface area contributed by atoms with Gasteiger partial charge in [0.1, 0.15) is 97.8 Å². The number of aldehydes is 2. The summed E-state index contributed by atoms with van der Waals surface area (Å²) in [5.41, 5.74) is -14.4. The van der Waals surface area contributed by atoms with Crippen molar-refractivity contribution in [3.63, 3.8) is 0 Å². The van der Waals surface area contributed by atoms with Crippen molar-refractivity contribution < 1.29 is 158 Å². The topological polar surface area (TPSA) is 645 Å². The van der Waals surface area contributed by atoms with Gasteiger partial charge in [-0.05, 0) is 54.4 Å². The fourth-order valence-electron chi connectivity index (χ4n) is 7.81. The largest absolute Gasteiger partial charge is 0.394 e. The van der Waals surface area contributed by atoms with Gasteiger partial charge in [-0.2, -0.15) is 0 Å². The van der Waals surface area contributed by atoms with Gasteiger partial charge in [0.05, 0.1) is 13.2 Å². The van der Waals surface area contributed by atoms with Crippen LogP contribution in [0.3, 0.4) is 0 Å². The van der Waals surface area contributed by atoms with Crippen molar-refractivity contribution in [2.75, 3.05) is 13.2 Å². The van der Waals surface area contributed by atoms with Crippen LogP contribution in [0.5, 0.6) is 0 Å². The highest BCUT2D eigenvalue weighted by atomic mass is 16.4. The minimum atomic E-state index is -3.63. The Morgan fingerprint density at radius 1 is 0.378 bits per heavy atom.